The number of rotatable bonds is 1. The average molecular weight is 441 g/mol. The number of ether oxygens (including phenoxy) is 3. The zero-order chi connectivity index (χ0) is 22.0. The third-order valence-corrected chi connectivity index (χ3v) is 5.32. The maximum Gasteiger partial charge on any atom is 0.339 e. The standard InChI is InChI=1S/C23H21ClN2O5/c1-26-13-18-17-10-15(23(28)29-2)12-25-22(17)31-19-7-6-16(24)9-14(19)5-3-4-8-30-20(18)11-21(26)27/h6-7,9-13H,3-5,8H2,1-2H3. The lowest BCUT2D eigenvalue weighted by molar-refractivity contribution is 0.0600. The van der Waals surface area contributed by atoms with E-state index in [0.717, 1.165) is 24.8 Å². The number of aromatic nitrogens is 2. The molecule has 0 aliphatic carbocycles. The Balaban J connectivity index is 1.95. The molecule has 160 valence electrons. The molecular formula is C23H21ClN2O5. The van der Waals surface area contributed by atoms with Crippen LogP contribution in [0.4, 0.5) is 0 Å². The van der Waals surface area contributed by atoms with Gasteiger partial charge >= 0.3 is 5.97 Å². The van der Waals surface area contributed by atoms with Gasteiger partial charge in [0.05, 0.1) is 24.8 Å². The van der Waals surface area contributed by atoms with E-state index >= 15 is 0 Å². The summed E-state index contributed by atoms with van der Waals surface area (Å²) in [5.41, 5.74) is 2.11. The van der Waals surface area contributed by atoms with Crippen molar-refractivity contribution in [1.29, 1.82) is 0 Å². The Labute approximate surface area is 184 Å². The van der Waals surface area contributed by atoms with E-state index in [1.807, 2.05) is 6.07 Å². The van der Waals surface area contributed by atoms with Crippen LogP contribution in [0.3, 0.4) is 0 Å². The molecule has 3 aromatic rings. The first kappa shape index (κ1) is 20.9. The number of benzene rings is 1. The normalized spacial score (nSPS) is 13.3. The van der Waals surface area contributed by atoms with Gasteiger partial charge in [-0.15, -0.1) is 0 Å². The summed E-state index contributed by atoms with van der Waals surface area (Å²) in [6.07, 6.45) is 5.44. The number of carbonyl (C=O) groups excluding carboxylic acids is 1. The fourth-order valence-electron chi connectivity index (χ4n) is 3.44. The van der Waals surface area contributed by atoms with Crippen molar-refractivity contribution < 1.29 is 19.0 Å². The molecule has 2 aromatic heterocycles. The highest BCUT2D eigenvalue weighted by atomic mass is 35.5. The highest BCUT2D eigenvalue weighted by Crippen LogP contribution is 2.39. The smallest absolute Gasteiger partial charge is 0.339 e. The molecule has 8 heteroatoms. The molecule has 0 atom stereocenters. The van der Waals surface area contributed by atoms with Crippen LogP contribution in [0.1, 0.15) is 28.8 Å². The second-order valence-electron chi connectivity index (χ2n) is 7.23. The van der Waals surface area contributed by atoms with Crippen molar-refractivity contribution in [3.63, 3.8) is 0 Å². The van der Waals surface area contributed by atoms with Gasteiger partial charge in [0.25, 0.3) is 5.56 Å². The fourth-order valence-corrected chi connectivity index (χ4v) is 3.63. The lowest BCUT2D eigenvalue weighted by Crippen LogP contribution is -2.16. The lowest BCUT2D eigenvalue weighted by atomic mass is 10.0. The van der Waals surface area contributed by atoms with Crippen molar-refractivity contribution in [2.24, 2.45) is 7.05 Å². The van der Waals surface area contributed by atoms with E-state index < -0.39 is 5.97 Å². The van der Waals surface area contributed by atoms with Gasteiger partial charge in [-0.25, -0.2) is 9.78 Å². The topological polar surface area (TPSA) is 79.7 Å². The van der Waals surface area contributed by atoms with Gasteiger partial charge in [0.1, 0.15) is 11.5 Å². The molecule has 0 bridgehead atoms. The van der Waals surface area contributed by atoms with E-state index in [1.54, 1.807) is 31.4 Å². The molecule has 7 nitrogen and oxygen atoms in total. The van der Waals surface area contributed by atoms with Crippen LogP contribution < -0.4 is 15.0 Å². The number of carbonyl (C=O) groups is 1. The monoisotopic (exact) mass is 440 g/mol. The summed E-state index contributed by atoms with van der Waals surface area (Å²) in [6, 6.07) is 8.51. The summed E-state index contributed by atoms with van der Waals surface area (Å²) >= 11 is 6.19. The van der Waals surface area contributed by atoms with Crippen LogP contribution in [0.15, 0.2) is 47.5 Å². The van der Waals surface area contributed by atoms with Gasteiger partial charge < -0.3 is 18.8 Å². The van der Waals surface area contributed by atoms with Gasteiger partial charge in [-0.1, -0.05) is 11.6 Å². The molecule has 3 heterocycles. The van der Waals surface area contributed by atoms with Crippen molar-refractivity contribution in [1.82, 2.24) is 9.55 Å². The van der Waals surface area contributed by atoms with Gasteiger partial charge in [0.15, 0.2) is 0 Å². The summed E-state index contributed by atoms with van der Waals surface area (Å²) in [7, 11) is 2.95. The molecule has 0 N–H and O–H groups in total. The Morgan fingerprint density at radius 3 is 2.81 bits per heavy atom. The van der Waals surface area contributed by atoms with E-state index in [2.05, 4.69) is 4.98 Å². The zero-order valence-corrected chi connectivity index (χ0v) is 17.9. The van der Waals surface area contributed by atoms with E-state index in [-0.39, 0.29) is 17.0 Å². The van der Waals surface area contributed by atoms with Crippen LogP contribution in [0.5, 0.6) is 17.4 Å². The number of esters is 1. The van der Waals surface area contributed by atoms with Crippen LogP contribution in [0.2, 0.25) is 5.02 Å². The molecule has 0 spiro atoms. The number of aryl methyl sites for hydroxylation is 2. The molecule has 4 rings (SSSR count). The molecule has 0 radical (unpaired) electrons. The SMILES string of the molecule is COC(=O)c1cnc2c(c1)-c1cn(C)c(=O)cc1OCCCCc1cc(Cl)ccc1O2. The third kappa shape index (κ3) is 4.41. The quantitative estimate of drug-likeness (QED) is 0.522. The maximum atomic E-state index is 12.2. The van der Waals surface area contributed by atoms with E-state index in [9.17, 15) is 9.59 Å². The molecule has 0 saturated carbocycles. The van der Waals surface area contributed by atoms with Gasteiger partial charge in [-0.3, -0.25) is 4.79 Å². The highest BCUT2D eigenvalue weighted by Gasteiger charge is 2.20. The van der Waals surface area contributed by atoms with Crippen LogP contribution in [-0.4, -0.2) is 29.2 Å². The first-order valence-corrected chi connectivity index (χ1v) is 10.2. The Kier molecular flexibility index (Phi) is 5.95. The minimum absolute atomic E-state index is 0.203. The van der Waals surface area contributed by atoms with Crippen LogP contribution in [0, 0.1) is 0 Å². The molecule has 0 unspecified atom stereocenters. The molecule has 0 fully saturated rings. The van der Waals surface area contributed by atoms with Crippen LogP contribution in [0.25, 0.3) is 11.1 Å². The Hall–Kier alpha value is -3.32. The molecule has 1 aliphatic rings. The van der Waals surface area contributed by atoms with Crippen molar-refractivity contribution in [2.75, 3.05) is 13.7 Å². The lowest BCUT2D eigenvalue weighted by Gasteiger charge is -2.18. The summed E-state index contributed by atoms with van der Waals surface area (Å²) in [4.78, 5) is 28.8. The van der Waals surface area contributed by atoms with Crippen molar-refractivity contribution in [3.8, 4) is 28.5 Å². The van der Waals surface area contributed by atoms with Crippen molar-refractivity contribution in [3.05, 3.63) is 69.2 Å². The van der Waals surface area contributed by atoms with Crippen molar-refractivity contribution in [2.45, 2.75) is 19.3 Å². The summed E-state index contributed by atoms with van der Waals surface area (Å²) in [5.74, 6) is 0.798. The van der Waals surface area contributed by atoms with Gasteiger partial charge in [-0.2, -0.15) is 0 Å². The predicted molar refractivity (Wildman–Crippen MR) is 116 cm³/mol. The minimum Gasteiger partial charge on any atom is -0.493 e. The van der Waals surface area contributed by atoms with Gasteiger partial charge in [0.2, 0.25) is 5.88 Å². The molecule has 0 saturated heterocycles. The predicted octanol–water partition coefficient (Wildman–Crippen LogP) is 4.39. The van der Waals surface area contributed by atoms with Gasteiger partial charge in [-0.05, 0) is 49.1 Å². The summed E-state index contributed by atoms with van der Waals surface area (Å²) in [6.45, 7) is 0.441. The Morgan fingerprint density at radius 1 is 1.16 bits per heavy atom. The number of halogens is 1. The molecular weight excluding hydrogens is 420 g/mol. The second-order valence-corrected chi connectivity index (χ2v) is 7.66. The minimum atomic E-state index is -0.527. The van der Waals surface area contributed by atoms with Crippen molar-refractivity contribution >= 4 is 17.6 Å². The van der Waals surface area contributed by atoms with E-state index in [0.29, 0.717) is 34.3 Å². The largest absolute Gasteiger partial charge is 0.493 e. The first-order valence-electron chi connectivity index (χ1n) is 9.85. The third-order valence-electron chi connectivity index (χ3n) is 5.08. The van der Waals surface area contributed by atoms with E-state index in [1.165, 1.54) is 23.9 Å². The number of methoxy groups -OCH3 is 1. The molecule has 31 heavy (non-hydrogen) atoms. The number of nitrogens with zero attached hydrogens (tertiary/aromatic N) is 2. The Morgan fingerprint density at radius 2 is 2.00 bits per heavy atom. The molecule has 0 amide bonds. The number of hydrogen-bond acceptors (Lipinski definition) is 6. The van der Waals surface area contributed by atoms with Crippen LogP contribution >= 0.6 is 11.6 Å². The molecule has 1 aliphatic heterocycles. The summed E-state index contributed by atoms with van der Waals surface area (Å²) in [5, 5.41) is 0.625. The molecule has 1 aromatic carbocycles. The fraction of sp³-hybridized carbons (Fsp3) is 0.261. The number of pyridine rings is 2. The van der Waals surface area contributed by atoms with E-state index in [4.69, 9.17) is 25.8 Å². The Bertz CT molecular complexity index is 1210. The van der Waals surface area contributed by atoms with Crippen LogP contribution in [-0.2, 0) is 18.2 Å². The number of hydrogen-bond donors (Lipinski definition) is 0. The summed E-state index contributed by atoms with van der Waals surface area (Å²) < 4.78 is 18.4. The zero-order valence-electron chi connectivity index (χ0n) is 17.2. The van der Waals surface area contributed by atoms with Gasteiger partial charge in [0, 0.05) is 36.1 Å². The second kappa shape index (κ2) is 8.81. The highest BCUT2D eigenvalue weighted by molar-refractivity contribution is 6.30. The number of fused-ring (bicyclic) bond motifs is 4. The first-order chi connectivity index (χ1) is 15.0. The maximum absolute atomic E-state index is 12.2. The average Bonchev–Trinajstić information content (AvgIpc) is 2.76.